The van der Waals surface area contributed by atoms with E-state index in [9.17, 15) is 14.7 Å². The minimum atomic E-state index is -1.23. The molecule has 1 N–H and O–H groups in total. The van der Waals surface area contributed by atoms with Crippen molar-refractivity contribution in [2.24, 2.45) is 0 Å². The molecule has 1 fully saturated rings. The van der Waals surface area contributed by atoms with Crippen molar-refractivity contribution in [2.45, 2.75) is 18.4 Å². The summed E-state index contributed by atoms with van der Waals surface area (Å²) < 4.78 is 9.97. The summed E-state index contributed by atoms with van der Waals surface area (Å²) in [5, 5.41) is 9.31. The average molecular weight is 243 g/mol. The minimum Gasteiger partial charge on any atom is -0.479 e. The topological polar surface area (TPSA) is 76.1 Å². The third kappa shape index (κ3) is 2.76. The van der Waals surface area contributed by atoms with Crippen LogP contribution in [0.2, 0.25) is 0 Å². The Kier molecular flexibility index (Phi) is 4.51. The van der Waals surface area contributed by atoms with Gasteiger partial charge >= 0.3 is 12.1 Å². The fraction of sp³-hybridized carbons (Fsp3) is 0.636. The molecule has 0 unspecified atom stereocenters. The highest BCUT2D eigenvalue weighted by Gasteiger charge is 2.46. The van der Waals surface area contributed by atoms with Gasteiger partial charge in [0.15, 0.2) is 0 Å². The molecule has 96 valence electrons. The van der Waals surface area contributed by atoms with Crippen LogP contribution in [0.4, 0.5) is 4.79 Å². The lowest BCUT2D eigenvalue weighted by Gasteiger charge is -2.39. The maximum Gasteiger partial charge on any atom is 0.410 e. The van der Waals surface area contributed by atoms with Crippen molar-refractivity contribution >= 4 is 12.1 Å². The second-order valence-corrected chi connectivity index (χ2v) is 3.87. The van der Waals surface area contributed by atoms with Crippen molar-refractivity contribution in [3.63, 3.8) is 0 Å². The zero-order chi connectivity index (χ0) is 12.9. The quantitative estimate of drug-likeness (QED) is 0.741. The van der Waals surface area contributed by atoms with Crippen LogP contribution in [0.1, 0.15) is 12.8 Å². The van der Waals surface area contributed by atoms with E-state index in [1.807, 2.05) is 0 Å². The summed E-state index contributed by atoms with van der Waals surface area (Å²) in [7, 11) is 1.44. The summed E-state index contributed by atoms with van der Waals surface area (Å²) in [6.45, 7) is 4.14. The number of hydrogen-bond acceptors (Lipinski definition) is 4. The van der Waals surface area contributed by atoms with Gasteiger partial charge in [0.05, 0.1) is 0 Å². The van der Waals surface area contributed by atoms with Crippen molar-refractivity contribution < 1.29 is 24.2 Å². The van der Waals surface area contributed by atoms with Gasteiger partial charge in [0, 0.05) is 33.1 Å². The summed E-state index contributed by atoms with van der Waals surface area (Å²) >= 11 is 0. The van der Waals surface area contributed by atoms with Crippen LogP contribution in [0.5, 0.6) is 0 Å². The zero-order valence-electron chi connectivity index (χ0n) is 9.85. The normalized spacial score (nSPS) is 18.2. The second kappa shape index (κ2) is 5.67. The lowest BCUT2D eigenvalue weighted by molar-refractivity contribution is -0.155. The molecule has 17 heavy (non-hydrogen) atoms. The van der Waals surface area contributed by atoms with Crippen LogP contribution >= 0.6 is 0 Å². The highest BCUT2D eigenvalue weighted by atomic mass is 16.6. The van der Waals surface area contributed by atoms with E-state index in [0.717, 1.165) is 4.90 Å². The summed E-state index contributed by atoms with van der Waals surface area (Å²) in [6.07, 6.45) is 1.31. The molecule has 0 saturated carbocycles. The second-order valence-electron chi connectivity index (χ2n) is 3.87. The predicted molar refractivity (Wildman–Crippen MR) is 59.7 cm³/mol. The Morgan fingerprint density at radius 2 is 2.12 bits per heavy atom. The van der Waals surface area contributed by atoms with Crippen LogP contribution in [-0.2, 0) is 14.3 Å². The number of aliphatic carboxylic acids is 1. The molecular weight excluding hydrogens is 226 g/mol. The van der Waals surface area contributed by atoms with Crippen LogP contribution in [0.15, 0.2) is 12.7 Å². The third-order valence-corrected chi connectivity index (χ3v) is 2.96. The lowest BCUT2D eigenvalue weighted by Crippen LogP contribution is -2.58. The first kappa shape index (κ1) is 13.5. The average Bonchev–Trinajstić information content (AvgIpc) is 2.35. The summed E-state index contributed by atoms with van der Waals surface area (Å²) in [4.78, 5) is 24.2. The molecule has 1 aliphatic rings. The number of rotatable bonds is 4. The van der Waals surface area contributed by atoms with E-state index < -0.39 is 17.6 Å². The van der Waals surface area contributed by atoms with Gasteiger partial charge in [-0.15, -0.1) is 0 Å². The van der Waals surface area contributed by atoms with Gasteiger partial charge in [-0.05, 0) is 0 Å². The van der Waals surface area contributed by atoms with Crippen LogP contribution in [-0.4, -0.2) is 54.5 Å². The molecule has 0 atom stereocenters. The molecule has 0 aromatic heterocycles. The summed E-state index contributed by atoms with van der Waals surface area (Å²) in [6, 6.07) is 0. The molecule has 0 radical (unpaired) electrons. The Hall–Kier alpha value is -1.56. The number of likely N-dealkylation sites (N-methyl/N-ethyl adjacent to an activating group) is 1. The van der Waals surface area contributed by atoms with Gasteiger partial charge < -0.3 is 14.6 Å². The molecule has 1 saturated heterocycles. The molecule has 1 amide bonds. The number of ether oxygens (including phenoxy) is 2. The van der Waals surface area contributed by atoms with E-state index in [2.05, 4.69) is 6.58 Å². The van der Waals surface area contributed by atoms with Gasteiger partial charge in [0.25, 0.3) is 0 Å². The predicted octanol–water partition coefficient (Wildman–Crippen LogP) is 0.875. The molecule has 0 aromatic carbocycles. The van der Waals surface area contributed by atoms with Crippen molar-refractivity contribution in [1.82, 2.24) is 4.90 Å². The number of nitrogens with zero attached hydrogens (tertiary/aromatic N) is 1. The Morgan fingerprint density at radius 1 is 1.53 bits per heavy atom. The maximum absolute atomic E-state index is 11.7. The molecular formula is C11H17NO5. The Bertz CT molecular complexity index is 309. The van der Waals surface area contributed by atoms with Gasteiger partial charge in [0.1, 0.15) is 12.1 Å². The number of carboxylic acid groups (broad SMARTS) is 1. The number of carbonyl (C=O) groups excluding carboxylic acids is 1. The Labute approximate surface area is 99.8 Å². The van der Waals surface area contributed by atoms with Gasteiger partial charge in [-0.3, -0.25) is 4.90 Å². The molecule has 1 aliphatic heterocycles. The van der Waals surface area contributed by atoms with Crippen molar-refractivity contribution in [3.05, 3.63) is 12.7 Å². The molecule has 0 aromatic rings. The van der Waals surface area contributed by atoms with E-state index in [4.69, 9.17) is 9.47 Å². The van der Waals surface area contributed by atoms with Crippen molar-refractivity contribution in [2.75, 3.05) is 26.9 Å². The van der Waals surface area contributed by atoms with Crippen molar-refractivity contribution in [1.29, 1.82) is 0 Å². The number of carboxylic acids is 1. The fourth-order valence-corrected chi connectivity index (χ4v) is 1.80. The first-order valence-corrected chi connectivity index (χ1v) is 5.37. The molecule has 6 nitrogen and oxygen atoms in total. The van der Waals surface area contributed by atoms with Gasteiger partial charge in [-0.1, -0.05) is 12.7 Å². The fourth-order valence-electron chi connectivity index (χ4n) is 1.80. The van der Waals surface area contributed by atoms with E-state index in [1.54, 1.807) is 0 Å². The highest BCUT2D eigenvalue weighted by molar-refractivity contribution is 5.84. The van der Waals surface area contributed by atoms with Crippen LogP contribution in [0.3, 0.4) is 0 Å². The molecule has 0 spiro atoms. The Morgan fingerprint density at radius 3 is 2.59 bits per heavy atom. The smallest absolute Gasteiger partial charge is 0.410 e. The number of carbonyl (C=O) groups is 2. The number of hydrogen-bond donors (Lipinski definition) is 1. The lowest BCUT2D eigenvalue weighted by atomic mass is 9.89. The molecule has 6 heteroatoms. The Balaban J connectivity index is 2.79. The highest BCUT2D eigenvalue weighted by Crippen LogP contribution is 2.27. The van der Waals surface area contributed by atoms with E-state index >= 15 is 0 Å². The minimum absolute atomic E-state index is 0.0649. The molecule has 1 rings (SSSR count). The number of amides is 1. The van der Waals surface area contributed by atoms with Gasteiger partial charge in [-0.2, -0.15) is 0 Å². The van der Waals surface area contributed by atoms with Gasteiger partial charge in [0.2, 0.25) is 0 Å². The zero-order valence-corrected chi connectivity index (χ0v) is 9.85. The molecule has 1 heterocycles. The summed E-state index contributed by atoms with van der Waals surface area (Å²) in [5.74, 6) is -1.03. The maximum atomic E-state index is 11.7. The van der Waals surface area contributed by atoms with Crippen LogP contribution in [0, 0.1) is 0 Å². The molecule has 0 bridgehead atoms. The van der Waals surface area contributed by atoms with Crippen molar-refractivity contribution in [3.8, 4) is 0 Å². The van der Waals surface area contributed by atoms with E-state index in [0.29, 0.717) is 13.2 Å². The van der Waals surface area contributed by atoms with Gasteiger partial charge in [-0.25, -0.2) is 9.59 Å². The first-order chi connectivity index (χ1) is 8.04. The first-order valence-electron chi connectivity index (χ1n) is 5.37. The SMILES string of the molecule is C=CCOC(=O)N(C)C1(C(=O)O)CCOCC1. The molecule has 0 aliphatic carbocycles. The van der Waals surface area contributed by atoms with E-state index in [-0.39, 0.29) is 19.4 Å². The van der Waals surface area contributed by atoms with Crippen LogP contribution in [0.25, 0.3) is 0 Å². The monoisotopic (exact) mass is 243 g/mol. The third-order valence-electron chi connectivity index (χ3n) is 2.96. The largest absolute Gasteiger partial charge is 0.479 e. The van der Waals surface area contributed by atoms with Crippen LogP contribution < -0.4 is 0 Å². The standard InChI is InChI=1S/C11H17NO5/c1-3-6-17-10(15)12(2)11(9(13)14)4-7-16-8-5-11/h3H,1,4-8H2,2H3,(H,13,14). The van der Waals surface area contributed by atoms with E-state index in [1.165, 1.54) is 13.1 Å². The summed E-state index contributed by atoms with van der Waals surface area (Å²) in [5.41, 5.74) is -1.23.